The molecular weight excluding hydrogens is 428 g/mol. The second-order valence-electron chi connectivity index (χ2n) is 7.12. The average molecular weight is 447 g/mol. The first-order chi connectivity index (χ1) is 15.4. The van der Waals surface area contributed by atoms with Crippen LogP contribution in [0.3, 0.4) is 0 Å². The van der Waals surface area contributed by atoms with E-state index in [1.54, 1.807) is 73.8 Å². The van der Waals surface area contributed by atoms with Gasteiger partial charge in [-0.1, -0.05) is 35.4 Å². The van der Waals surface area contributed by atoms with E-state index >= 15 is 0 Å². The zero-order valence-corrected chi connectivity index (χ0v) is 18.2. The molecule has 0 spiro atoms. The van der Waals surface area contributed by atoms with Crippen LogP contribution in [0.4, 0.5) is 0 Å². The maximum absolute atomic E-state index is 13.2. The van der Waals surface area contributed by atoms with Crippen molar-refractivity contribution in [2.75, 3.05) is 7.11 Å². The van der Waals surface area contributed by atoms with Gasteiger partial charge in [0.2, 0.25) is 11.2 Å². The van der Waals surface area contributed by atoms with Crippen LogP contribution in [0.2, 0.25) is 5.02 Å². The molecule has 0 saturated heterocycles. The Hall–Kier alpha value is -3.83. The molecule has 0 amide bonds. The molecule has 0 N–H and O–H groups in total. The quantitative estimate of drug-likeness (QED) is 0.276. The molecule has 0 aliphatic carbocycles. The van der Waals surface area contributed by atoms with Crippen LogP contribution in [0.25, 0.3) is 28.4 Å². The first-order valence-corrected chi connectivity index (χ1v) is 10.2. The van der Waals surface area contributed by atoms with E-state index in [4.69, 9.17) is 25.5 Å². The van der Waals surface area contributed by atoms with Crippen molar-refractivity contribution < 1.29 is 18.7 Å². The van der Waals surface area contributed by atoms with Crippen molar-refractivity contribution in [3.63, 3.8) is 0 Å². The number of halogens is 1. The van der Waals surface area contributed by atoms with E-state index in [2.05, 4.69) is 0 Å². The van der Waals surface area contributed by atoms with Crippen LogP contribution in [0.1, 0.15) is 11.1 Å². The van der Waals surface area contributed by atoms with Gasteiger partial charge in [0, 0.05) is 16.7 Å². The number of aryl methyl sites for hydroxylation is 1. The highest BCUT2D eigenvalue weighted by atomic mass is 35.5. The average Bonchev–Trinajstić information content (AvgIpc) is 2.81. The van der Waals surface area contributed by atoms with E-state index in [1.165, 1.54) is 6.08 Å². The minimum absolute atomic E-state index is 0.161. The normalized spacial score (nSPS) is 11.1. The lowest BCUT2D eigenvalue weighted by atomic mass is 10.1. The van der Waals surface area contributed by atoms with Gasteiger partial charge in [0.25, 0.3) is 0 Å². The Morgan fingerprint density at radius 3 is 2.41 bits per heavy atom. The number of rotatable bonds is 5. The second kappa shape index (κ2) is 9.12. The molecule has 0 fully saturated rings. The summed E-state index contributed by atoms with van der Waals surface area (Å²) in [5, 5.41) is 0.873. The van der Waals surface area contributed by atoms with Crippen molar-refractivity contribution in [3.05, 3.63) is 99.2 Å². The lowest BCUT2D eigenvalue weighted by molar-refractivity contribution is -0.129. The highest BCUT2D eigenvalue weighted by Crippen LogP contribution is 2.32. The van der Waals surface area contributed by atoms with Gasteiger partial charge in [-0.25, -0.2) is 4.79 Å². The predicted molar refractivity (Wildman–Crippen MR) is 125 cm³/mol. The third-order valence-electron chi connectivity index (χ3n) is 4.84. The second-order valence-corrected chi connectivity index (χ2v) is 7.56. The van der Waals surface area contributed by atoms with E-state index in [1.807, 2.05) is 13.0 Å². The summed E-state index contributed by atoms with van der Waals surface area (Å²) in [7, 11) is 1.58. The number of hydrogen-bond acceptors (Lipinski definition) is 5. The summed E-state index contributed by atoms with van der Waals surface area (Å²) in [5.74, 6) is 0.000698. The summed E-state index contributed by atoms with van der Waals surface area (Å²) in [6.45, 7) is 1.87. The molecule has 0 saturated carbocycles. The van der Waals surface area contributed by atoms with Crippen molar-refractivity contribution in [1.82, 2.24) is 0 Å². The van der Waals surface area contributed by atoms with Crippen LogP contribution in [-0.2, 0) is 4.79 Å². The molecule has 4 aromatic rings. The van der Waals surface area contributed by atoms with Crippen LogP contribution < -0.4 is 14.9 Å². The van der Waals surface area contributed by atoms with Crippen LogP contribution in [0.15, 0.2) is 82.0 Å². The number of hydrogen-bond donors (Lipinski definition) is 0. The van der Waals surface area contributed by atoms with E-state index in [0.29, 0.717) is 27.3 Å². The number of carbonyl (C=O) groups excluding carboxylic acids is 1. The minimum atomic E-state index is -0.699. The first-order valence-electron chi connectivity index (χ1n) is 9.82. The molecule has 5 nitrogen and oxygen atoms in total. The van der Waals surface area contributed by atoms with Crippen LogP contribution in [0, 0.1) is 6.92 Å². The zero-order valence-electron chi connectivity index (χ0n) is 17.4. The van der Waals surface area contributed by atoms with Gasteiger partial charge >= 0.3 is 5.97 Å². The van der Waals surface area contributed by atoms with E-state index < -0.39 is 11.4 Å². The fourth-order valence-corrected chi connectivity index (χ4v) is 3.32. The van der Waals surface area contributed by atoms with Gasteiger partial charge < -0.3 is 13.9 Å². The van der Waals surface area contributed by atoms with E-state index in [9.17, 15) is 9.59 Å². The van der Waals surface area contributed by atoms with Gasteiger partial charge in [0.15, 0.2) is 5.76 Å². The van der Waals surface area contributed by atoms with Gasteiger partial charge in [-0.2, -0.15) is 0 Å². The summed E-state index contributed by atoms with van der Waals surface area (Å²) in [6, 6.07) is 19.2. The number of benzene rings is 3. The summed E-state index contributed by atoms with van der Waals surface area (Å²) in [6.07, 6.45) is 2.85. The molecule has 1 aromatic heterocycles. The molecule has 3 aromatic carbocycles. The highest BCUT2D eigenvalue weighted by Gasteiger charge is 2.20. The van der Waals surface area contributed by atoms with Crippen molar-refractivity contribution in [1.29, 1.82) is 0 Å². The SMILES string of the molecule is COc1ccc(C=CC(=O)Oc2c(-c3ccc(Cl)cc3)oc3ccc(C)cc3c2=O)cc1. The molecule has 32 heavy (non-hydrogen) atoms. The molecule has 0 radical (unpaired) electrons. The smallest absolute Gasteiger partial charge is 0.336 e. The molecule has 0 atom stereocenters. The van der Waals surface area contributed by atoms with Crippen LogP contribution in [0.5, 0.6) is 11.5 Å². The van der Waals surface area contributed by atoms with Crippen molar-refractivity contribution in [2.45, 2.75) is 6.92 Å². The Morgan fingerprint density at radius 2 is 1.72 bits per heavy atom. The molecule has 160 valence electrons. The molecule has 0 aliphatic rings. The molecular formula is C26H19ClO5. The zero-order chi connectivity index (χ0) is 22.7. The number of ether oxygens (including phenoxy) is 2. The molecule has 4 rings (SSSR count). The Bertz CT molecular complexity index is 1370. The number of carbonyl (C=O) groups is 1. The molecule has 0 aliphatic heterocycles. The van der Waals surface area contributed by atoms with E-state index in [-0.39, 0.29) is 11.5 Å². The third-order valence-corrected chi connectivity index (χ3v) is 5.09. The first kappa shape index (κ1) is 21.4. The molecule has 6 heteroatoms. The van der Waals surface area contributed by atoms with Gasteiger partial charge in [-0.05, 0) is 67.1 Å². The lowest BCUT2D eigenvalue weighted by Gasteiger charge is -2.10. The van der Waals surface area contributed by atoms with Crippen LogP contribution >= 0.6 is 11.6 Å². The molecule has 0 unspecified atom stereocenters. The molecule has 0 bridgehead atoms. The summed E-state index contributed by atoms with van der Waals surface area (Å²) >= 11 is 5.99. The number of fused-ring (bicyclic) bond motifs is 1. The van der Waals surface area contributed by atoms with Crippen molar-refractivity contribution >= 4 is 34.6 Å². The van der Waals surface area contributed by atoms with Crippen molar-refractivity contribution in [2.24, 2.45) is 0 Å². The standard InChI is InChI=1S/C26H19ClO5/c1-16-3-13-22-21(15-16)24(29)26(25(31-22)18-7-9-19(27)10-8-18)32-23(28)14-6-17-4-11-20(30-2)12-5-17/h3-15H,1-2H3. The Morgan fingerprint density at radius 1 is 1.00 bits per heavy atom. The predicted octanol–water partition coefficient (Wildman–Crippen LogP) is 6.05. The minimum Gasteiger partial charge on any atom is -0.497 e. The van der Waals surface area contributed by atoms with Crippen molar-refractivity contribution in [3.8, 4) is 22.8 Å². The highest BCUT2D eigenvalue weighted by molar-refractivity contribution is 6.30. The topological polar surface area (TPSA) is 65.7 Å². The van der Waals surface area contributed by atoms with Gasteiger partial charge in [-0.15, -0.1) is 0 Å². The largest absolute Gasteiger partial charge is 0.497 e. The van der Waals surface area contributed by atoms with Gasteiger partial charge in [0.05, 0.1) is 12.5 Å². The Kier molecular flexibility index (Phi) is 6.10. The third kappa shape index (κ3) is 4.58. The fourth-order valence-electron chi connectivity index (χ4n) is 3.19. The van der Waals surface area contributed by atoms with E-state index in [0.717, 1.165) is 11.1 Å². The maximum Gasteiger partial charge on any atom is 0.336 e. The summed E-state index contributed by atoms with van der Waals surface area (Å²) < 4.78 is 16.6. The number of methoxy groups -OCH3 is 1. The maximum atomic E-state index is 13.2. The monoisotopic (exact) mass is 446 g/mol. The summed E-state index contributed by atoms with van der Waals surface area (Å²) in [4.78, 5) is 25.8. The molecule has 1 heterocycles. The Balaban J connectivity index is 1.73. The fraction of sp³-hybridized carbons (Fsp3) is 0.0769. The Labute approximate surface area is 189 Å². The number of esters is 1. The summed E-state index contributed by atoms with van der Waals surface area (Å²) in [5.41, 5.74) is 2.21. The lowest BCUT2D eigenvalue weighted by Crippen LogP contribution is -2.14. The van der Waals surface area contributed by atoms with Gasteiger partial charge in [0.1, 0.15) is 11.3 Å². The van der Waals surface area contributed by atoms with Crippen LogP contribution in [-0.4, -0.2) is 13.1 Å². The van der Waals surface area contributed by atoms with Gasteiger partial charge in [-0.3, -0.25) is 4.79 Å².